The second-order valence-corrected chi connectivity index (χ2v) is 4.74. The van der Waals surface area contributed by atoms with E-state index >= 15 is 0 Å². The molecule has 0 aliphatic heterocycles. The first-order valence-corrected chi connectivity index (χ1v) is 6.79. The summed E-state index contributed by atoms with van der Waals surface area (Å²) in [6, 6.07) is 9.75. The number of halogens is 1. The molecule has 0 saturated heterocycles. The van der Waals surface area contributed by atoms with Crippen molar-refractivity contribution >= 4 is 35.8 Å². The van der Waals surface area contributed by atoms with E-state index in [4.69, 9.17) is 4.42 Å². The van der Waals surface area contributed by atoms with Gasteiger partial charge < -0.3 is 20.0 Å². The van der Waals surface area contributed by atoms with Crippen molar-refractivity contribution < 1.29 is 4.42 Å². The van der Waals surface area contributed by atoms with Gasteiger partial charge in [0.2, 0.25) is 0 Å². The molecule has 2 heterocycles. The van der Waals surface area contributed by atoms with Crippen LogP contribution in [0.1, 0.15) is 11.5 Å². The Morgan fingerprint density at radius 3 is 2.59 bits per heavy atom. The molecule has 0 radical (unpaired) electrons. The minimum Gasteiger partial charge on any atom is -0.467 e. The van der Waals surface area contributed by atoms with Crippen LogP contribution in [-0.2, 0) is 13.1 Å². The summed E-state index contributed by atoms with van der Waals surface area (Å²) in [7, 11) is 5.69. The normalized spacial score (nSPS) is 10.8. The zero-order valence-corrected chi connectivity index (χ0v) is 15.4. The molecule has 2 N–H and O–H groups in total. The molecule has 0 atom stereocenters. The Bertz CT molecular complexity index is 583. The molecule has 0 bridgehead atoms. The van der Waals surface area contributed by atoms with Gasteiger partial charge in [0.05, 0.1) is 25.0 Å². The fourth-order valence-corrected chi connectivity index (χ4v) is 1.79. The second-order valence-electron chi connectivity index (χ2n) is 4.74. The van der Waals surface area contributed by atoms with Gasteiger partial charge in [0.1, 0.15) is 11.6 Å². The third kappa shape index (κ3) is 5.55. The highest BCUT2D eigenvalue weighted by Gasteiger charge is 2.02. The molecule has 0 unspecified atom stereocenters. The van der Waals surface area contributed by atoms with Crippen LogP contribution in [0.4, 0.5) is 5.82 Å². The summed E-state index contributed by atoms with van der Waals surface area (Å²) in [5.41, 5.74) is 0.960. The highest BCUT2D eigenvalue weighted by molar-refractivity contribution is 14.0. The van der Waals surface area contributed by atoms with E-state index in [1.165, 1.54) is 0 Å². The highest BCUT2D eigenvalue weighted by atomic mass is 127. The summed E-state index contributed by atoms with van der Waals surface area (Å²) in [6.45, 7) is 1.21. The third-order valence-electron chi connectivity index (χ3n) is 2.92. The lowest BCUT2D eigenvalue weighted by Crippen LogP contribution is -2.36. The van der Waals surface area contributed by atoms with Gasteiger partial charge in [0.15, 0.2) is 5.96 Å². The molecule has 0 aliphatic rings. The molecule has 2 aromatic heterocycles. The van der Waals surface area contributed by atoms with Crippen LogP contribution in [0.3, 0.4) is 0 Å². The first-order chi connectivity index (χ1) is 10.2. The summed E-state index contributed by atoms with van der Waals surface area (Å²) >= 11 is 0. The number of anilines is 1. The van der Waals surface area contributed by atoms with Crippen molar-refractivity contribution in [2.75, 3.05) is 26.0 Å². The zero-order chi connectivity index (χ0) is 15.1. The molecule has 0 spiro atoms. The van der Waals surface area contributed by atoms with Crippen LogP contribution in [0.15, 0.2) is 46.0 Å². The number of nitrogens with zero attached hydrogens (tertiary/aromatic N) is 3. The number of guanidine groups is 1. The van der Waals surface area contributed by atoms with E-state index < -0.39 is 0 Å². The van der Waals surface area contributed by atoms with Gasteiger partial charge in [-0.25, -0.2) is 4.98 Å². The standard InChI is InChI=1S/C15H21N5O.HI/c1-16-15(18-11-13-7-5-9-21-13)17-10-12-6-4-8-14(19-12)20(2)3;/h4-9H,10-11H2,1-3H3,(H2,16,17,18);1H. The minimum atomic E-state index is 0. The predicted molar refractivity (Wildman–Crippen MR) is 99.7 cm³/mol. The monoisotopic (exact) mass is 415 g/mol. The Labute approximate surface area is 148 Å². The highest BCUT2D eigenvalue weighted by Crippen LogP contribution is 2.07. The van der Waals surface area contributed by atoms with Gasteiger partial charge in [-0.2, -0.15) is 0 Å². The van der Waals surface area contributed by atoms with Crippen LogP contribution in [0.5, 0.6) is 0 Å². The Morgan fingerprint density at radius 2 is 1.95 bits per heavy atom. The maximum Gasteiger partial charge on any atom is 0.191 e. The topological polar surface area (TPSA) is 65.7 Å². The SMILES string of the molecule is CN=C(NCc1cccc(N(C)C)n1)NCc1ccco1.I. The third-order valence-corrected chi connectivity index (χ3v) is 2.92. The maximum absolute atomic E-state index is 5.27. The van der Waals surface area contributed by atoms with Gasteiger partial charge in [-0.05, 0) is 24.3 Å². The van der Waals surface area contributed by atoms with E-state index in [1.807, 2.05) is 49.3 Å². The molecular formula is C15H22IN5O. The van der Waals surface area contributed by atoms with Gasteiger partial charge in [-0.15, -0.1) is 24.0 Å². The summed E-state index contributed by atoms with van der Waals surface area (Å²) in [5.74, 6) is 2.52. The van der Waals surface area contributed by atoms with Crippen LogP contribution in [0.2, 0.25) is 0 Å². The average molecular weight is 415 g/mol. The van der Waals surface area contributed by atoms with Crippen LogP contribution in [0, 0.1) is 0 Å². The quantitative estimate of drug-likeness (QED) is 0.446. The van der Waals surface area contributed by atoms with E-state index in [0.29, 0.717) is 19.0 Å². The van der Waals surface area contributed by atoms with Crippen molar-refractivity contribution in [3.05, 3.63) is 48.0 Å². The van der Waals surface area contributed by atoms with Crippen molar-refractivity contribution in [2.45, 2.75) is 13.1 Å². The average Bonchev–Trinajstić information content (AvgIpc) is 3.01. The largest absolute Gasteiger partial charge is 0.467 e. The smallest absolute Gasteiger partial charge is 0.191 e. The lowest BCUT2D eigenvalue weighted by atomic mass is 10.3. The molecule has 0 aliphatic carbocycles. The molecule has 0 aromatic carbocycles. The van der Waals surface area contributed by atoms with Gasteiger partial charge in [-0.1, -0.05) is 6.07 Å². The fourth-order valence-electron chi connectivity index (χ4n) is 1.79. The summed E-state index contributed by atoms with van der Waals surface area (Å²) in [6.07, 6.45) is 1.66. The van der Waals surface area contributed by atoms with Gasteiger partial charge in [0.25, 0.3) is 0 Å². The lowest BCUT2D eigenvalue weighted by molar-refractivity contribution is 0.501. The number of aliphatic imine (C=N–C) groups is 1. The van der Waals surface area contributed by atoms with Crippen molar-refractivity contribution in [2.24, 2.45) is 4.99 Å². The first-order valence-electron chi connectivity index (χ1n) is 6.79. The Balaban J connectivity index is 0.00000242. The van der Waals surface area contributed by atoms with Crippen LogP contribution in [0.25, 0.3) is 0 Å². The van der Waals surface area contributed by atoms with E-state index in [0.717, 1.165) is 17.3 Å². The molecule has 0 amide bonds. The summed E-state index contributed by atoms with van der Waals surface area (Å²) < 4.78 is 5.27. The maximum atomic E-state index is 5.27. The van der Waals surface area contributed by atoms with E-state index in [1.54, 1.807) is 13.3 Å². The summed E-state index contributed by atoms with van der Waals surface area (Å²) in [4.78, 5) is 10.7. The van der Waals surface area contributed by atoms with Crippen molar-refractivity contribution in [3.8, 4) is 0 Å². The number of pyridine rings is 1. The fraction of sp³-hybridized carbons (Fsp3) is 0.333. The Kier molecular flexibility index (Phi) is 7.72. The van der Waals surface area contributed by atoms with Gasteiger partial charge >= 0.3 is 0 Å². The number of aromatic nitrogens is 1. The molecule has 6 nitrogen and oxygen atoms in total. The minimum absolute atomic E-state index is 0. The number of hydrogen-bond donors (Lipinski definition) is 2. The first kappa shape index (κ1) is 18.3. The molecule has 7 heteroatoms. The number of furan rings is 1. The summed E-state index contributed by atoms with van der Waals surface area (Å²) in [5, 5.41) is 6.42. The zero-order valence-electron chi connectivity index (χ0n) is 13.0. The van der Waals surface area contributed by atoms with Crippen molar-refractivity contribution in [1.82, 2.24) is 15.6 Å². The number of nitrogens with one attached hydrogen (secondary N) is 2. The number of hydrogen-bond acceptors (Lipinski definition) is 4. The van der Waals surface area contributed by atoms with E-state index in [2.05, 4.69) is 20.6 Å². The van der Waals surface area contributed by atoms with Gasteiger partial charge in [-0.3, -0.25) is 4.99 Å². The van der Waals surface area contributed by atoms with Gasteiger partial charge in [0, 0.05) is 21.1 Å². The Morgan fingerprint density at radius 1 is 1.18 bits per heavy atom. The van der Waals surface area contributed by atoms with E-state index in [9.17, 15) is 0 Å². The molecule has 2 rings (SSSR count). The van der Waals surface area contributed by atoms with Crippen molar-refractivity contribution in [1.29, 1.82) is 0 Å². The molecule has 2 aromatic rings. The Hall–Kier alpha value is -1.77. The molecular weight excluding hydrogens is 393 g/mol. The second kappa shape index (κ2) is 9.29. The van der Waals surface area contributed by atoms with Crippen LogP contribution < -0.4 is 15.5 Å². The number of rotatable bonds is 5. The lowest BCUT2D eigenvalue weighted by Gasteiger charge is -2.14. The van der Waals surface area contributed by atoms with E-state index in [-0.39, 0.29) is 24.0 Å². The molecule has 0 saturated carbocycles. The molecule has 120 valence electrons. The predicted octanol–water partition coefficient (Wildman–Crippen LogP) is 2.22. The molecule has 22 heavy (non-hydrogen) atoms. The van der Waals surface area contributed by atoms with Crippen molar-refractivity contribution in [3.63, 3.8) is 0 Å². The molecule has 0 fully saturated rings. The van der Waals surface area contributed by atoms with Crippen LogP contribution >= 0.6 is 24.0 Å². The van der Waals surface area contributed by atoms with Crippen LogP contribution in [-0.4, -0.2) is 32.1 Å².